The third-order valence-electron chi connectivity index (χ3n) is 4.45. The Bertz CT molecular complexity index is 492. The normalized spacial score (nSPS) is 29.3. The van der Waals surface area contributed by atoms with Gasteiger partial charge < -0.3 is 15.7 Å². The number of aliphatic hydroxyl groups is 1. The van der Waals surface area contributed by atoms with Crippen LogP contribution in [0.3, 0.4) is 0 Å². The molecular weight excluding hydrogens is 266 g/mol. The third kappa shape index (κ3) is 3.60. The fourth-order valence-electron chi connectivity index (χ4n) is 3.19. The fourth-order valence-corrected chi connectivity index (χ4v) is 3.19. The van der Waals surface area contributed by atoms with E-state index in [9.17, 15) is 9.90 Å². The zero-order valence-corrected chi connectivity index (χ0v) is 12.2. The molecule has 2 fully saturated rings. The van der Waals surface area contributed by atoms with Crippen molar-refractivity contribution >= 4 is 5.91 Å². The first kappa shape index (κ1) is 14.5. The molecule has 5 heteroatoms. The van der Waals surface area contributed by atoms with Crippen LogP contribution in [-0.2, 0) is 0 Å². The Balaban J connectivity index is 1.62. The highest BCUT2D eigenvalue weighted by atomic mass is 16.3. The van der Waals surface area contributed by atoms with Crippen LogP contribution in [-0.4, -0.2) is 34.7 Å². The van der Waals surface area contributed by atoms with Gasteiger partial charge in [0.15, 0.2) is 0 Å². The van der Waals surface area contributed by atoms with Gasteiger partial charge in [-0.2, -0.15) is 0 Å². The maximum absolute atomic E-state index is 12.3. The predicted molar refractivity (Wildman–Crippen MR) is 79.9 cm³/mol. The number of carbonyl (C=O) groups excluding carboxylic acids is 1. The molecule has 1 aliphatic carbocycles. The van der Waals surface area contributed by atoms with Gasteiger partial charge in [0.25, 0.3) is 5.91 Å². The minimum Gasteiger partial charge on any atom is -0.393 e. The number of nitrogens with zero attached hydrogens (tertiary/aromatic N) is 1. The summed E-state index contributed by atoms with van der Waals surface area (Å²) < 4.78 is 0. The summed E-state index contributed by atoms with van der Waals surface area (Å²) in [6, 6.07) is 6.10. The van der Waals surface area contributed by atoms with Crippen molar-refractivity contribution in [2.24, 2.45) is 0 Å². The van der Waals surface area contributed by atoms with Gasteiger partial charge in [0.1, 0.15) is 5.69 Å². The number of pyridine rings is 1. The summed E-state index contributed by atoms with van der Waals surface area (Å²) >= 11 is 0. The molecule has 5 nitrogen and oxygen atoms in total. The molecule has 2 aliphatic rings. The SMILES string of the molecule is O=C(NC1CCC(O)CC1)c1cccc(C2CCCN2)n1. The van der Waals surface area contributed by atoms with Crippen molar-refractivity contribution in [2.75, 3.05) is 6.54 Å². The van der Waals surface area contributed by atoms with Gasteiger partial charge in [-0.3, -0.25) is 4.79 Å². The van der Waals surface area contributed by atoms with Crippen molar-refractivity contribution in [3.8, 4) is 0 Å². The van der Waals surface area contributed by atoms with E-state index in [0.29, 0.717) is 5.69 Å². The lowest BCUT2D eigenvalue weighted by Gasteiger charge is -2.26. The largest absolute Gasteiger partial charge is 0.393 e. The summed E-state index contributed by atoms with van der Waals surface area (Å²) in [5, 5.41) is 15.9. The molecule has 21 heavy (non-hydrogen) atoms. The van der Waals surface area contributed by atoms with Crippen molar-refractivity contribution in [1.82, 2.24) is 15.6 Å². The second-order valence-electron chi connectivity index (χ2n) is 6.08. The monoisotopic (exact) mass is 289 g/mol. The van der Waals surface area contributed by atoms with Crippen LogP contribution in [0.15, 0.2) is 18.2 Å². The Labute approximate surface area is 125 Å². The van der Waals surface area contributed by atoms with E-state index in [4.69, 9.17) is 0 Å². The van der Waals surface area contributed by atoms with E-state index in [0.717, 1.165) is 50.8 Å². The molecular formula is C16H23N3O2. The average molecular weight is 289 g/mol. The van der Waals surface area contributed by atoms with Crippen LogP contribution in [0, 0.1) is 0 Å². The molecule has 1 amide bonds. The number of nitrogens with one attached hydrogen (secondary N) is 2. The number of rotatable bonds is 3. The van der Waals surface area contributed by atoms with E-state index in [1.165, 1.54) is 0 Å². The Morgan fingerprint density at radius 1 is 1.24 bits per heavy atom. The van der Waals surface area contributed by atoms with Gasteiger partial charge >= 0.3 is 0 Å². The van der Waals surface area contributed by atoms with E-state index in [1.54, 1.807) is 6.07 Å². The second kappa shape index (κ2) is 6.54. The first-order chi connectivity index (χ1) is 10.2. The highest BCUT2D eigenvalue weighted by molar-refractivity contribution is 5.92. The summed E-state index contributed by atoms with van der Waals surface area (Å²) in [5.41, 5.74) is 1.45. The van der Waals surface area contributed by atoms with Crippen molar-refractivity contribution < 1.29 is 9.90 Å². The van der Waals surface area contributed by atoms with E-state index in [1.807, 2.05) is 12.1 Å². The Hall–Kier alpha value is -1.46. The van der Waals surface area contributed by atoms with Gasteiger partial charge in [-0.1, -0.05) is 6.07 Å². The number of aromatic nitrogens is 1. The van der Waals surface area contributed by atoms with Crippen LogP contribution in [0.1, 0.15) is 60.7 Å². The van der Waals surface area contributed by atoms with Crippen LogP contribution in [0.4, 0.5) is 0 Å². The van der Waals surface area contributed by atoms with Crippen molar-refractivity contribution in [1.29, 1.82) is 0 Å². The molecule has 0 bridgehead atoms. The lowest BCUT2D eigenvalue weighted by Crippen LogP contribution is -2.39. The van der Waals surface area contributed by atoms with E-state index in [-0.39, 0.29) is 24.1 Å². The van der Waals surface area contributed by atoms with Crippen molar-refractivity contribution in [3.63, 3.8) is 0 Å². The predicted octanol–water partition coefficient (Wildman–Crippen LogP) is 1.54. The summed E-state index contributed by atoms with van der Waals surface area (Å²) in [5.74, 6) is -0.101. The number of hydrogen-bond acceptors (Lipinski definition) is 4. The third-order valence-corrected chi connectivity index (χ3v) is 4.45. The molecule has 2 heterocycles. The van der Waals surface area contributed by atoms with E-state index >= 15 is 0 Å². The molecule has 114 valence electrons. The Morgan fingerprint density at radius 2 is 2.05 bits per heavy atom. The molecule has 1 atom stereocenters. The van der Waals surface area contributed by atoms with Crippen LogP contribution in [0.25, 0.3) is 0 Å². The first-order valence-electron chi connectivity index (χ1n) is 7.91. The van der Waals surface area contributed by atoms with Crippen LogP contribution in [0.2, 0.25) is 0 Å². The van der Waals surface area contributed by atoms with Crippen LogP contribution < -0.4 is 10.6 Å². The number of carbonyl (C=O) groups is 1. The number of hydrogen-bond donors (Lipinski definition) is 3. The Morgan fingerprint density at radius 3 is 2.76 bits per heavy atom. The topological polar surface area (TPSA) is 74.2 Å². The minimum atomic E-state index is -0.201. The van der Waals surface area contributed by atoms with Gasteiger partial charge in [-0.25, -0.2) is 4.98 Å². The standard InChI is InChI=1S/C16H23N3O2/c20-12-8-6-11(7-9-12)18-16(21)15-4-1-3-14(19-15)13-5-2-10-17-13/h1,3-4,11-13,17,20H,2,5-10H2,(H,18,21). The summed E-state index contributed by atoms with van der Waals surface area (Å²) in [4.78, 5) is 16.8. The molecule has 0 radical (unpaired) electrons. The molecule has 1 aromatic rings. The smallest absolute Gasteiger partial charge is 0.270 e. The van der Waals surface area contributed by atoms with Crippen molar-refractivity contribution in [2.45, 2.75) is 56.7 Å². The van der Waals surface area contributed by atoms with Gasteiger partial charge in [0, 0.05) is 12.1 Å². The molecule has 0 aromatic carbocycles. The van der Waals surface area contributed by atoms with Crippen LogP contribution >= 0.6 is 0 Å². The molecule has 3 N–H and O–H groups in total. The van der Waals surface area contributed by atoms with Gasteiger partial charge in [-0.15, -0.1) is 0 Å². The van der Waals surface area contributed by atoms with Crippen molar-refractivity contribution in [3.05, 3.63) is 29.6 Å². The van der Waals surface area contributed by atoms with Crippen LogP contribution in [0.5, 0.6) is 0 Å². The van der Waals surface area contributed by atoms with E-state index < -0.39 is 0 Å². The molecule has 1 saturated heterocycles. The lowest BCUT2D eigenvalue weighted by atomic mass is 9.93. The second-order valence-corrected chi connectivity index (χ2v) is 6.08. The summed E-state index contributed by atoms with van der Waals surface area (Å²) in [6.07, 6.45) is 5.27. The molecule has 1 aliphatic heterocycles. The minimum absolute atomic E-state index is 0.101. The maximum atomic E-state index is 12.3. The summed E-state index contributed by atoms with van der Waals surface area (Å²) in [6.45, 7) is 1.02. The highest BCUT2D eigenvalue weighted by Crippen LogP contribution is 2.22. The van der Waals surface area contributed by atoms with Gasteiger partial charge in [0.2, 0.25) is 0 Å². The highest BCUT2D eigenvalue weighted by Gasteiger charge is 2.23. The number of aliphatic hydroxyl groups excluding tert-OH is 1. The maximum Gasteiger partial charge on any atom is 0.270 e. The van der Waals surface area contributed by atoms with Gasteiger partial charge in [-0.05, 0) is 57.2 Å². The quantitative estimate of drug-likeness (QED) is 0.789. The molecule has 3 rings (SSSR count). The Kier molecular flexibility index (Phi) is 4.51. The lowest BCUT2D eigenvalue weighted by molar-refractivity contribution is 0.0863. The zero-order chi connectivity index (χ0) is 14.7. The zero-order valence-electron chi connectivity index (χ0n) is 12.2. The first-order valence-corrected chi connectivity index (χ1v) is 7.91. The molecule has 0 spiro atoms. The molecule has 1 aromatic heterocycles. The van der Waals surface area contributed by atoms with E-state index in [2.05, 4.69) is 15.6 Å². The molecule has 1 unspecified atom stereocenters. The fraction of sp³-hybridized carbons (Fsp3) is 0.625. The average Bonchev–Trinajstić information content (AvgIpc) is 3.04. The molecule has 1 saturated carbocycles. The number of amides is 1. The summed E-state index contributed by atoms with van der Waals surface area (Å²) in [7, 11) is 0. The van der Waals surface area contributed by atoms with Gasteiger partial charge in [0.05, 0.1) is 11.8 Å².